The van der Waals surface area contributed by atoms with E-state index in [-0.39, 0.29) is 25.3 Å². The number of fused-ring (bicyclic) bond motifs is 1. The van der Waals surface area contributed by atoms with Gasteiger partial charge in [-0.05, 0) is 55.0 Å². The Hall–Kier alpha value is -4.80. The van der Waals surface area contributed by atoms with Crippen molar-refractivity contribution in [1.29, 1.82) is 0 Å². The van der Waals surface area contributed by atoms with Crippen molar-refractivity contribution in [2.24, 2.45) is 11.3 Å². The molecule has 55 heavy (non-hydrogen) atoms. The molecule has 0 radical (unpaired) electrons. The van der Waals surface area contributed by atoms with Gasteiger partial charge in [0.05, 0.1) is 30.8 Å². The normalized spacial score (nSPS) is 22.8. The lowest BCUT2D eigenvalue weighted by atomic mass is 9.85. The van der Waals surface area contributed by atoms with E-state index in [1.165, 1.54) is 35.6 Å². The lowest BCUT2D eigenvalue weighted by Crippen LogP contribution is -2.58. The zero-order valence-electron chi connectivity index (χ0n) is 30.7. The van der Waals surface area contributed by atoms with Gasteiger partial charge in [-0.3, -0.25) is 24.1 Å². The molecule has 0 unspecified atom stereocenters. The summed E-state index contributed by atoms with van der Waals surface area (Å²) in [6.07, 6.45) is 6.85. The van der Waals surface area contributed by atoms with Crippen molar-refractivity contribution in [3.05, 3.63) is 72.0 Å². The van der Waals surface area contributed by atoms with Crippen LogP contribution in [0.1, 0.15) is 46.5 Å². The van der Waals surface area contributed by atoms with Crippen LogP contribution in [0.3, 0.4) is 0 Å². The van der Waals surface area contributed by atoms with E-state index < -0.39 is 68.1 Å². The third kappa shape index (κ3) is 7.85. The van der Waals surface area contributed by atoms with Gasteiger partial charge in [0, 0.05) is 51.5 Å². The molecule has 2 aliphatic carbocycles. The molecule has 290 valence electrons. The molecular formula is C38H42ClN7O7S2. The number of halogens is 1. The van der Waals surface area contributed by atoms with Crippen LogP contribution in [0.4, 0.5) is 5.13 Å². The number of aromatic nitrogens is 3. The fourth-order valence-electron chi connectivity index (χ4n) is 6.90. The van der Waals surface area contributed by atoms with E-state index in [1.807, 2.05) is 38.3 Å². The SMILES string of the molecule is C=C[C@@H]1C[C@]1(NC(=O)[C@@H]1C[C@@H](Oc2ncc(OC)c3ccc(Cl)cc23)CN1C(=O)[C@@H](Nc1nc(-c2cccnc2)cs1)C(C)(C)C)C(=O)NS(=O)(=O)C1CC1. The van der Waals surface area contributed by atoms with E-state index in [0.717, 1.165) is 5.56 Å². The van der Waals surface area contributed by atoms with Crippen LogP contribution in [-0.4, -0.2) is 88.6 Å². The van der Waals surface area contributed by atoms with Crippen LogP contribution in [0, 0.1) is 11.3 Å². The van der Waals surface area contributed by atoms with E-state index in [9.17, 15) is 22.8 Å². The molecule has 1 saturated heterocycles. The summed E-state index contributed by atoms with van der Waals surface area (Å²) in [5, 5.41) is 9.66. The van der Waals surface area contributed by atoms with E-state index in [2.05, 4.69) is 31.9 Å². The lowest BCUT2D eigenvalue weighted by molar-refractivity contribution is -0.141. The topological polar surface area (TPSA) is 182 Å². The number of carbonyl (C=O) groups excluding carboxylic acids is 3. The molecule has 4 heterocycles. The molecule has 2 saturated carbocycles. The van der Waals surface area contributed by atoms with Gasteiger partial charge in [0.25, 0.3) is 5.91 Å². The number of thiazole rings is 1. The standard InChI is InChI=1S/C38H42ClN7O7S2/c1-6-22-16-38(22,35(49)45-55(50,51)25-10-11-25)44-32(47)29-15-24(53-33-27-14-23(39)9-12-26(27)30(52-5)18-41-33)19-46(29)34(48)31(37(2,3)4)43-36-42-28(20-54-36)21-8-7-13-40-17-21/h6-9,12-14,17-18,20,22,24-25,29,31H,1,10-11,15-16,19H2,2-5H3,(H,42,43)(H,44,47)(H,45,49)/t22-,24-,29+,31-,38-/m1/s1. The number of sulfonamides is 1. The number of likely N-dealkylation sites (tertiary alicyclic amines) is 1. The smallest absolute Gasteiger partial charge is 0.259 e. The molecule has 5 atom stereocenters. The van der Waals surface area contributed by atoms with Crippen molar-refractivity contribution in [3.8, 4) is 22.9 Å². The number of anilines is 1. The monoisotopic (exact) mass is 807 g/mol. The molecular weight excluding hydrogens is 766 g/mol. The molecule has 3 N–H and O–H groups in total. The van der Waals surface area contributed by atoms with Crippen molar-refractivity contribution in [2.45, 2.75) is 75.4 Å². The van der Waals surface area contributed by atoms with Crippen molar-refractivity contribution < 1.29 is 32.3 Å². The molecule has 1 aliphatic heterocycles. The summed E-state index contributed by atoms with van der Waals surface area (Å²) >= 11 is 7.71. The summed E-state index contributed by atoms with van der Waals surface area (Å²) in [5.41, 5.74) is -0.682. The van der Waals surface area contributed by atoms with Crippen molar-refractivity contribution in [1.82, 2.24) is 29.9 Å². The molecule has 3 fully saturated rings. The maximum Gasteiger partial charge on any atom is 0.259 e. The van der Waals surface area contributed by atoms with Crippen LogP contribution in [0.15, 0.2) is 67.0 Å². The highest BCUT2D eigenvalue weighted by Crippen LogP contribution is 2.46. The summed E-state index contributed by atoms with van der Waals surface area (Å²) in [4.78, 5) is 57.6. The van der Waals surface area contributed by atoms with Crippen molar-refractivity contribution in [3.63, 3.8) is 0 Å². The summed E-state index contributed by atoms with van der Waals surface area (Å²) in [6, 6.07) is 6.99. The van der Waals surface area contributed by atoms with Gasteiger partial charge >= 0.3 is 0 Å². The van der Waals surface area contributed by atoms with Crippen LogP contribution >= 0.6 is 22.9 Å². The highest BCUT2D eigenvalue weighted by molar-refractivity contribution is 7.91. The van der Waals surface area contributed by atoms with Gasteiger partial charge in [-0.15, -0.1) is 17.9 Å². The van der Waals surface area contributed by atoms with Gasteiger partial charge in [0.1, 0.15) is 29.5 Å². The van der Waals surface area contributed by atoms with Gasteiger partial charge in [-0.25, -0.2) is 18.4 Å². The van der Waals surface area contributed by atoms with Crippen LogP contribution in [0.25, 0.3) is 22.0 Å². The number of ether oxygens (including phenoxy) is 2. The second-order valence-electron chi connectivity index (χ2n) is 15.2. The summed E-state index contributed by atoms with van der Waals surface area (Å²) in [6.45, 7) is 9.53. The molecule has 3 amide bonds. The van der Waals surface area contributed by atoms with Gasteiger partial charge in [0.2, 0.25) is 27.7 Å². The number of hydrogen-bond acceptors (Lipinski definition) is 12. The number of methoxy groups -OCH3 is 1. The van der Waals surface area contributed by atoms with Crippen LogP contribution in [0.5, 0.6) is 11.6 Å². The Morgan fingerprint density at radius 2 is 1.95 bits per heavy atom. The maximum atomic E-state index is 14.8. The molecule has 7 rings (SSSR count). The van der Waals surface area contributed by atoms with E-state index in [1.54, 1.807) is 30.6 Å². The van der Waals surface area contributed by atoms with Crippen LogP contribution in [-0.2, 0) is 24.4 Å². The summed E-state index contributed by atoms with van der Waals surface area (Å²) < 4.78 is 39.7. The Balaban J connectivity index is 1.19. The van der Waals surface area contributed by atoms with Crippen molar-refractivity contribution in [2.75, 3.05) is 19.0 Å². The fourth-order valence-corrected chi connectivity index (χ4v) is 9.18. The molecule has 17 heteroatoms. The number of nitrogens with one attached hydrogen (secondary N) is 3. The number of nitrogens with zero attached hydrogens (tertiary/aromatic N) is 4. The Kier molecular flexibility index (Phi) is 10.3. The van der Waals surface area contributed by atoms with Gasteiger partial charge in [0.15, 0.2) is 5.13 Å². The Labute approximate surface area is 328 Å². The molecule has 0 bridgehead atoms. The minimum Gasteiger partial charge on any atom is -0.494 e. The molecule has 3 aromatic heterocycles. The number of pyridine rings is 2. The second kappa shape index (κ2) is 14.7. The second-order valence-corrected chi connectivity index (χ2v) is 18.5. The first-order chi connectivity index (χ1) is 26.1. The number of benzene rings is 1. The lowest BCUT2D eigenvalue weighted by Gasteiger charge is -2.35. The maximum absolute atomic E-state index is 14.8. The predicted molar refractivity (Wildman–Crippen MR) is 209 cm³/mol. The summed E-state index contributed by atoms with van der Waals surface area (Å²) in [7, 11) is -2.36. The average Bonchev–Trinajstić information content (AvgIpc) is 4.04. The zero-order valence-corrected chi connectivity index (χ0v) is 33.1. The molecule has 0 spiro atoms. The number of rotatable bonds is 13. The van der Waals surface area contributed by atoms with E-state index in [0.29, 0.717) is 45.2 Å². The Morgan fingerprint density at radius 1 is 1.16 bits per heavy atom. The van der Waals surface area contributed by atoms with E-state index >= 15 is 0 Å². The molecule has 4 aromatic rings. The van der Waals surface area contributed by atoms with Crippen LogP contribution in [0.2, 0.25) is 5.02 Å². The van der Waals surface area contributed by atoms with Gasteiger partial charge < -0.3 is 25.0 Å². The number of carbonyl (C=O) groups is 3. The average molecular weight is 808 g/mol. The highest BCUT2D eigenvalue weighted by atomic mass is 35.5. The molecule has 1 aromatic carbocycles. The first-order valence-corrected chi connectivity index (χ1v) is 20.7. The van der Waals surface area contributed by atoms with Crippen molar-refractivity contribution >= 4 is 66.6 Å². The fraction of sp³-hybridized carbons (Fsp3) is 0.421. The molecule has 14 nitrogen and oxygen atoms in total. The van der Waals surface area contributed by atoms with Gasteiger partial charge in [-0.2, -0.15) is 0 Å². The zero-order chi connectivity index (χ0) is 39.3. The quantitative estimate of drug-likeness (QED) is 0.155. The Morgan fingerprint density at radius 3 is 2.60 bits per heavy atom. The summed E-state index contributed by atoms with van der Waals surface area (Å²) in [5.74, 6) is -1.60. The minimum absolute atomic E-state index is 0.000105. The van der Waals surface area contributed by atoms with Crippen LogP contribution < -0.4 is 24.8 Å². The van der Waals surface area contributed by atoms with E-state index in [4.69, 9.17) is 26.1 Å². The third-order valence-electron chi connectivity index (χ3n) is 10.2. The largest absolute Gasteiger partial charge is 0.494 e. The predicted octanol–water partition coefficient (Wildman–Crippen LogP) is 4.96. The minimum atomic E-state index is -3.89. The first-order valence-electron chi connectivity index (χ1n) is 17.9. The van der Waals surface area contributed by atoms with Gasteiger partial charge in [-0.1, -0.05) is 38.4 Å². The Bertz CT molecular complexity index is 2260. The first kappa shape index (κ1) is 38.5. The third-order valence-corrected chi connectivity index (χ3v) is 13.0. The number of amides is 3. The number of hydrogen-bond donors (Lipinski definition) is 3. The highest BCUT2D eigenvalue weighted by Gasteiger charge is 2.62. The molecule has 3 aliphatic rings.